The zero-order valence-electron chi connectivity index (χ0n) is 23.3. The van der Waals surface area contributed by atoms with Gasteiger partial charge < -0.3 is 20.7 Å². The van der Waals surface area contributed by atoms with Crippen molar-refractivity contribution in [3.05, 3.63) is 113 Å². The molecule has 4 N–H and O–H groups in total. The lowest BCUT2D eigenvalue weighted by molar-refractivity contribution is 0.0976. The molecule has 0 bridgehead atoms. The largest absolute Gasteiger partial charge is 0.492 e. The van der Waals surface area contributed by atoms with Crippen molar-refractivity contribution in [2.75, 3.05) is 22.6 Å². The summed E-state index contributed by atoms with van der Waals surface area (Å²) in [6, 6.07) is 29.4. The van der Waals surface area contributed by atoms with Crippen LogP contribution in [0, 0.1) is 0 Å². The summed E-state index contributed by atoms with van der Waals surface area (Å²) in [6.45, 7) is 2.80. The van der Waals surface area contributed by atoms with E-state index in [1.54, 1.807) is 42.5 Å². The minimum atomic E-state index is -0.381. The van der Waals surface area contributed by atoms with Gasteiger partial charge in [-0.15, -0.1) is 0 Å². The molecule has 0 radical (unpaired) electrons. The number of amides is 2. The van der Waals surface area contributed by atoms with Gasteiger partial charge in [0.2, 0.25) is 0 Å². The molecule has 0 aliphatic heterocycles. The molecule has 4 aromatic carbocycles. The normalized spacial score (nSPS) is 10.4. The maximum Gasteiger partial charge on any atom is 0.257 e. The maximum atomic E-state index is 13.1. The summed E-state index contributed by atoms with van der Waals surface area (Å²) in [7, 11) is 0. The van der Waals surface area contributed by atoms with Crippen LogP contribution in [0.3, 0.4) is 0 Å². The smallest absolute Gasteiger partial charge is 0.257 e. The summed E-state index contributed by atoms with van der Waals surface area (Å²) in [5, 5.41) is 12.0. The van der Waals surface area contributed by atoms with E-state index in [9.17, 15) is 9.59 Å². The van der Waals surface area contributed by atoms with Crippen molar-refractivity contribution in [2.24, 2.45) is 0 Å². The van der Waals surface area contributed by atoms with Crippen molar-refractivity contribution < 1.29 is 14.3 Å². The molecule has 0 saturated carbocycles. The Labute approximate surface area is 260 Å². The standard InChI is InChI=1S/C33H33BrN4O3S/c1-2-3-4-10-21-41-30-20-15-23(22-28(30)34)31(39)38-33(42)37-29-14-9-8-13-27(29)32(40)36-26-18-16-25(17-19-26)35-24-11-6-5-7-12-24/h5-9,11-20,22,35H,2-4,10,21H2,1H3,(H,36,40)(H2,37,38,39,42). The quantitative estimate of drug-likeness (QED) is 0.0912. The van der Waals surface area contributed by atoms with E-state index in [0.29, 0.717) is 39.3 Å². The third kappa shape index (κ3) is 9.15. The van der Waals surface area contributed by atoms with Crippen LogP contribution in [0.2, 0.25) is 0 Å². The van der Waals surface area contributed by atoms with Gasteiger partial charge in [-0.05, 0) is 101 Å². The van der Waals surface area contributed by atoms with Crippen LogP contribution in [-0.2, 0) is 0 Å². The van der Waals surface area contributed by atoms with E-state index in [-0.39, 0.29) is 16.9 Å². The van der Waals surface area contributed by atoms with E-state index < -0.39 is 0 Å². The lowest BCUT2D eigenvalue weighted by atomic mass is 10.1. The van der Waals surface area contributed by atoms with E-state index >= 15 is 0 Å². The third-order valence-corrected chi connectivity index (χ3v) is 7.13. The minimum absolute atomic E-state index is 0.0731. The van der Waals surface area contributed by atoms with Crippen molar-refractivity contribution >= 4 is 67.8 Å². The average Bonchev–Trinajstić information content (AvgIpc) is 2.99. The number of carbonyl (C=O) groups excluding carboxylic acids is 2. The van der Waals surface area contributed by atoms with Gasteiger partial charge in [0.1, 0.15) is 5.75 Å². The number of halogens is 1. The number of hydrogen-bond acceptors (Lipinski definition) is 5. The first-order chi connectivity index (χ1) is 20.4. The van der Waals surface area contributed by atoms with Crippen molar-refractivity contribution in [3.63, 3.8) is 0 Å². The Hall–Kier alpha value is -4.21. The summed E-state index contributed by atoms with van der Waals surface area (Å²) in [5.74, 6) is -0.00942. The van der Waals surface area contributed by atoms with E-state index in [4.69, 9.17) is 17.0 Å². The van der Waals surface area contributed by atoms with Crippen LogP contribution in [-0.4, -0.2) is 23.5 Å². The van der Waals surface area contributed by atoms with Gasteiger partial charge in [-0.1, -0.05) is 56.5 Å². The van der Waals surface area contributed by atoms with Crippen molar-refractivity contribution in [2.45, 2.75) is 32.6 Å². The Bertz CT molecular complexity index is 1510. The highest BCUT2D eigenvalue weighted by atomic mass is 79.9. The van der Waals surface area contributed by atoms with Crippen LogP contribution in [0.25, 0.3) is 0 Å². The molecular weight excluding hydrogens is 612 g/mol. The predicted molar refractivity (Wildman–Crippen MR) is 178 cm³/mol. The van der Waals surface area contributed by atoms with Gasteiger partial charge in [0.05, 0.1) is 22.3 Å². The lowest BCUT2D eigenvalue weighted by Gasteiger charge is -2.14. The molecule has 0 spiro atoms. The first kappa shape index (κ1) is 30.7. The Kier molecular flexibility index (Phi) is 11.5. The van der Waals surface area contributed by atoms with E-state index in [0.717, 1.165) is 24.2 Å². The second-order valence-electron chi connectivity index (χ2n) is 9.53. The summed E-state index contributed by atoms with van der Waals surface area (Å²) < 4.78 is 6.52. The third-order valence-electron chi connectivity index (χ3n) is 6.30. The molecule has 0 fully saturated rings. The zero-order chi connectivity index (χ0) is 29.7. The highest BCUT2D eigenvalue weighted by molar-refractivity contribution is 9.10. The molecular formula is C33H33BrN4O3S. The number of ether oxygens (including phenoxy) is 1. The Morgan fingerprint density at radius 3 is 2.19 bits per heavy atom. The van der Waals surface area contributed by atoms with Crippen LogP contribution in [0.1, 0.15) is 53.3 Å². The second-order valence-corrected chi connectivity index (χ2v) is 10.8. The molecule has 4 aromatic rings. The number of anilines is 4. The Morgan fingerprint density at radius 1 is 0.762 bits per heavy atom. The molecule has 2 amide bonds. The van der Waals surface area contributed by atoms with Gasteiger partial charge >= 0.3 is 0 Å². The van der Waals surface area contributed by atoms with Crippen molar-refractivity contribution in [3.8, 4) is 5.75 Å². The molecule has 42 heavy (non-hydrogen) atoms. The fourth-order valence-corrected chi connectivity index (χ4v) is 4.81. The number of rotatable bonds is 12. The lowest BCUT2D eigenvalue weighted by Crippen LogP contribution is -2.34. The van der Waals surface area contributed by atoms with Crippen LogP contribution in [0.5, 0.6) is 5.75 Å². The van der Waals surface area contributed by atoms with E-state index in [1.807, 2.05) is 54.6 Å². The Balaban J connectivity index is 1.32. The van der Waals surface area contributed by atoms with Gasteiger partial charge in [-0.25, -0.2) is 0 Å². The number of carbonyl (C=O) groups is 2. The molecule has 0 heterocycles. The SMILES string of the molecule is CCCCCCOc1ccc(C(=O)NC(=S)Nc2ccccc2C(=O)Nc2ccc(Nc3ccccc3)cc2)cc1Br. The molecule has 0 aromatic heterocycles. The summed E-state index contributed by atoms with van der Waals surface area (Å²) >= 11 is 8.88. The topological polar surface area (TPSA) is 91.5 Å². The number of thiocarbonyl (C=S) groups is 1. The average molecular weight is 646 g/mol. The fourth-order valence-electron chi connectivity index (χ4n) is 4.11. The van der Waals surface area contributed by atoms with Gasteiger partial charge in [0.25, 0.3) is 11.8 Å². The van der Waals surface area contributed by atoms with Crippen molar-refractivity contribution in [1.29, 1.82) is 0 Å². The molecule has 7 nitrogen and oxygen atoms in total. The highest BCUT2D eigenvalue weighted by Gasteiger charge is 2.15. The molecule has 216 valence electrons. The number of para-hydroxylation sites is 2. The number of unbranched alkanes of at least 4 members (excludes halogenated alkanes) is 3. The van der Waals surface area contributed by atoms with Gasteiger partial charge in [-0.2, -0.15) is 0 Å². The number of benzene rings is 4. The molecule has 0 aliphatic carbocycles. The van der Waals surface area contributed by atoms with Gasteiger partial charge in [0.15, 0.2) is 5.11 Å². The van der Waals surface area contributed by atoms with Crippen LogP contribution >= 0.6 is 28.1 Å². The Morgan fingerprint density at radius 2 is 1.45 bits per heavy atom. The maximum absolute atomic E-state index is 13.1. The first-order valence-corrected chi connectivity index (χ1v) is 15.0. The molecule has 9 heteroatoms. The minimum Gasteiger partial charge on any atom is -0.492 e. The van der Waals surface area contributed by atoms with Crippen LogP contribution in [0.15, 0.2) is 102 Å². The second kappa shape index (κ2) is 15.7. The summed E-state index contributed by atoms with van der Waals surface area (Å²) in [5.41, 5.74) is 3.78. The zero-order valence-corrected chi connectivity index (χ0v) is 25.7. The number of nitrogens with one attached hydrogen (secondary N) is 4. The molecule has 0 aliphatic rings. The first-order valence-electron chi connectivity index (χ1n) is 13.8. The summed E-state index contributed by atoms with van der Waals surface area (Å²) in [4.78, 5) is 26.0. The van der Waals surface area contributed by atoms with Gasteiger partial charge in [0, 0.05) is 22.6 Å². The number of hydrogen-bond donors (Lipinski definition) is 4. The van der Waals surface area contributed by atoms with Gasteiger partial charge in [-0.3, -0.25) is 14.9 Å². The predicted octanol–water partition coefficient (Wildman–Crippen LogP) is 8.53. The molecule has 0 unspecified atom stereocenters. The van der Waals surface area contributed by atoms with Crippen molar-refractivity contribution in [1.82, 2.24) is 5.32 Å². The molecule has 4 rings (SSSR count). The molecule has 0 saturated heterocycles. The van der Waals surface area contributed by atoms with E-state index in [2.05, 4.69) is 44.1 Å². The fraction of sp³-hybridized carbons (Fsp3) is 0.182. The summed E-state index contributed by atoms with van der Waals surface area (Å²) in [6.07, 6.45) is 4.48. The monoisotopic (exact) mass is 644 g/mol. The highest BCUT2D eigenvalue weighted by Crippen LogP contribution is 2.26. The van der Waals surface area contributed by atoms with Crippen LogP contribution in [0.4, 0.5) is 22.7 Å². The van der Waals surface area contributed by atoms with E-state index in [1.165, 1.54) is 12.8 Å². The van der Waals surface area contributed by atoms with Crippen LogP contribution < -0.4 is 26.0 Å². The molecule has 0 atom stereocenters.